The van der Waals surface area contributed by atoms with Crippen molar-refractivity contribution in [2.45, 2.75) is 6.42 Å². The molecule has 0 aromatic heterocycles. The summed E-state index contributed by atoms with van der Waals surface area (Å²) in [4.78, 5) is 21.4. The second-order valence-electron chi connectivity index (χ2n) is 3.04. The number of hydrogen-bond acceptors (Lipinski definition) is 5. The van der Waals surface area contributed by atoms with E-state index in [-0.39, 0.29) is 6.42 Å². The van der Waals surface area contributed by atoms with Gasteiger partial charge in [0.1, 0.15) is 5.76 Å². The summed E-state index contributed by atoms with van der Waals surface area (Å²) in [6.45, 7) is 0. The number of nitroso groups, excluding NO2 is 1. The van der Waals surface area contributed by atoms with Crippen molar-refractivity contribution in [1.82, 2.24) is 0 Å². The van der Waals surface area contributed by atoms with Gasteiger partial charge in [0.25, 0.3) is 0 Å². The maximum Gasteiger partial charge on any atom is 0.363 e. The largest absolute Gasteiger partial charge is 0.509 e. The highest BCUT2D eigenvalue weighted by Crippen LogP contribution is 2.11. The normalized spacial score (nSPS) is 11.6. The smallest absolute Gasteiger partial charge is 0.363 e. The van der Waals surface area contributed by atoms with Gasteiger partial charge in [0.05, 0.1) is 7.11 Å². The molecule has 0 aliphatic carbocycles. The van der Waals surface area contributed by atoms with E-state index in [0.717, 1.165) is 12.7 Å². The summed E-state index contributed by atoms with van der Waals surface area (Å²) in [5.74, 6) is -1.34. The van der Waals surface area contributed by atoms with Crippen LogP contribution in [-0.2, 0) is 16.0 Å². The number of benzene rings is 1. The average molecular weight is 221 g/mol. The number of carbonyl (C=O) groups is 1. The molecule has 0 atom stereocenters. The average Bonchev–Trinajstić information content (AvgIpc) is 2.31. The lowest BCUT2D eigenvalue weighted by atomic mass is 10.1. The minimum absolute atomic E-state index is 0.0665. The van der Waals surface area contributed by atoms with E-state index in [1.54, 1.807) is 24.3 Å². The standard InChI is InChI=1S/C11H11NO4/c1-16-11(14)10(12-15)9(13)7-8-5-3-2-4-6-8/h2-6,13H,7H2,1H3. The predicted molar refractivity (Wildman–Crippen MR) is 57.6 cm³/mol. The Labute approximate surface area is 92.3 Å². The van der Waals surface area contributed by atoms with Crippen molar-refractivity contribution >= 4 is 5.97 Å². The van der Waals surface area contributed by atoms with Crippen LogP contribution in [-0.4, -0.2) is 18.2 Å². The summed E-state index contributed by atoms with van der Waals surface area (Å²) in [6, 6.07) is 8.92. The number of hydrogen-bond donors (Lipinski definition) is 1. The first-order chi connectivity index (χ1) is 7.69. The first-order valence-corrected chi connectivity index (χ1v) is 4.56. The van der Waals surface area contributed by atoms with E-state index in [0.29, 0.717) is 0 Å². The van der Waals surface area contributed by atoms with E-state index in [1.807, 2.05) is 6.07 Å². The number of ether oxygens (including phenoxy) is 1. The van der Waals surface area contributed by atoms with Gasteiger partial charge >= 0.3 is 5.97 Å². The zero-order valence-electron chi connectivity index (χ0n) is 8.71. The van der Waals surface area contributed by atoms with E-state index < -0.39 is 17.4 Å². The molecule has 5 nitrogen and oxygen atoms in total. The lowest BCUT2D eigenvalue weighted by molar-refractivity contribution is -0.136. The Morgan fingerprint density at radius 3 is 2.50 bits per heavy atom. The minimum Gasteiger partial charge on any atom is -0.509 e. The van der Waals surface area contributed by atoms with Gasteiger partial charge in [-0.15, -0.1) is 4.91 Å². The third-order valence-electron chi connectivity index (χ3n) is 1.96. The molecule has 0 unspecified atom stereocenters. The molecule has 0 amide bonds. The van der Waals surface area contributed by atoms with Crippen LogP contribution in [0.3, 0.4) is 0 Å². The molecule has 1 rings (SSSR count). The molecule has 0 fully saturated rings. The summed E-state index contributed by atoms with van der Waals surface area (Å²) in [5.41, 5.74) is 0.177. The number of aliphatic hydroxyl groups is 1. The number of nitrogens with zero attached hydrogens (tertiary/aromatic N) is 1. The van der Waals surface area contributed by atoms with Crippen LogP contribution in [0, 0.1) is 4.91 Å². The fraction of sp³-hybridized carbons (Fsp3) is 0.182. The molecule has 0 saturated heterocycles. The Kier molecular flexibility index (Phi) is 4.20. The van der Waals surface area contributed by atoms with E-state index in [2.05, 4.69) is 9.91 Å². The van der Waals surface area contributed by atoms with Crippen LogP contribution in [0.15, 0.2) is 47.0 Å². The third-order valence-corrected chi connectivity index (χ3v) is 1.96. The van der Waals surface area contributed by atoms with E-state index in [1.165, 1.54) is 0 Å². The van der Waals surface area contributed by atoms with E-state index in [4.69, 9.17) is 0 Å². The van der Waals surface area contributed by atoms with Crippen LogP contribution >= 0.6 is 0 Å². The Morgan fingerprint density at radius 2 is 2.00 bits per heavy atom. The minimum atomic E-state index is -0.941. The number of esters is 1. The Balaban J connectivity index is 2.91. The SMILES string of the molecule is COC(=O)C(N=O)=C(O)Cc1ccccc1. The van der Waals surface area contributed by atoms with Gasteiger partial charge in [-0.2, -0.15) is 0 Å². The van der Waals surface area contributed by atoms with Crippen molar-refractivity contribution in [2.24, 2.45) is 5.18 Å². The molecule has 0 aliphatic rings. The van der Waals surface area contributed by atoms with Gasteiger partial charge in [-0.25, -0.2) is 4.79 Å². The number of aliphatic hydroxyl groups excluding tert-OH is 1. The summed E-state index contributed by atoms with van der Waals surface area (Å²) >= 11 is 0. The third kappa shape index (κ3) is 2.91. The molecule has 0 radical (unpaired) electrons. The molecular weight excluding hydrogens is 210 g/mol. The summed E-state index contributed by atoms with van der Waals surface area (Å²) in [5, 5.41) is 12.0. The van der Waals surface area contributed by atoms with Crippen LogP contribution in [0.25, 0.3) is 0 Å². The van der Waals surface area contributed by atoms with Crippen LogP contribution in [0.2, 0.25) is 0 Å². The van der Waals surface area contributed by atoms with Gasteiger partial charge in [0, 0.05) is 6.42 Å². The van der Waals surface area contributed by atoms with Crippen molar-refractivity contribution in [3.05, 3.63) is 52.3 Å². The summed E-state index contributed by atoms with van der Waals surface area (Å²) in [6.07, 6.45) is 0.0665. The molecule has 1 aromatic rings. The summed E-state index contributed by atoms with van der Waals surface area (Å²) < 4.78 is 4.31. The Hall–Kier alpha value is -2.17. The van der Waals surface area contributed by atoms with E-state index in [9.17, 15) is 14.8 Å². The molecule has 16 heavy (non-hydrogen) atoms. The van der Waals surface area contributed by atoms with Gasteiger partial charge in [-0.05, 0) is 10.7 Å². The highest BCUT2D eigenvalue weighted by molar-refractivity contribution is 5.88. The Bertz CT molecular complexity index is 411. The second kappa shape index (κ2) is 5.65. The van der Waals surface area contributed by atoms with Crippen LogP contribution in [0.4, 0.5) is 0 Å². The Morgan fingerprint density at radius 1 is 1.38 bits per heavy atom. The summed E-state index contributed by atoms with van der Waals surface area (Å²) in [7, 11) is 1.11. The van der Waals surface area contributed by atoms with Crippen molar-refractivity contribution in [3.63, 3.8) is 0 Å². The van der Waals surface area contributed by atoms with Gasteiger partial charge in [-0.1, -0.05) is 30.3 Å². The molecule has 1 N–H and O–H groups in total. The molecule has 0 saturated carbocycles. The maximum atomic E-state index is 11.0. The van der Waals surface area contributed by atoms with Crippen LogP contribution in [0.5, 0.6) is 0 Å². The molecule has 5 heteroatoms. The zero-order chi connectivity index (χ0) is 12.0. The van der Waals surface area contributed by atoms with E-state index >= 15 is 0 Å². The molecule has 0 heterocycles. The fourth-order valence-electron chi connectivity index (χ4n) is 1.18. The lowest BCUT2D eigenvalue weighted by Gasteiger charge is -2.02. The van der Waals surface area contributed by atoms with Gasteiger partial charge in [0.15, 0.2) is 0 Å². The first kappa shape index (κ1) is 11.9. The molecule has 84 valence electrons. The number of rotatable bonds is 4. The number of allylic oxidation sites excluding steroid dienone is 1. The first-order valence-electron chi connectivity index (χ1n) is 4.56. The second-order valence-corrected chi connectivity index (χ2v) is 3.04. The highest BCUT2D eigenvalue weighted by Gasteiger charge is 2.16. The van der Waals surface area contributed by atoms with Crippen molar-refractivity contribution in [3.8, 4) is 0 Å². The maximum absolute atomic E-state index is 11.0. The lowest BCUT2D eigenvalue weighted by Crippen LogP contribution is -2.07. The monoisotopic (exact) mass is 221 g/mol. The molecule has 0 aliphatic heterocycles. The van der Waals surface area contributed by atoms with Crippen LogP contribution < -0.4 is 0 Å². The molecular formula is C11H11NO4. The molecule has 1 aromatic carbocycles. The quantitative estimate of drug-likeness (QED) is 0.365. The highest BCUT2D eigenvalue weighted by atomic mass is 16.5. The predicted octanol–water partition coefficient (Wildman–Crippen LogP) is 1.94. The van der Waals surface area contributed by atoms with Crippen molar-refractivity contribution in [1.29, 1.82) is 0 Å². The molecule has 0 bridgehead atoms. The van der Waals surface area contributed by atoms with Crippen LogP contribution in [0.1, 0.15) is 5.56 Å². The van der Waals surface area contributed by atoms with Crippen molar-refractivity contribution in [2.75, 3.05) is 7.11 Å². The number of carbonyl (C=O) groups excluding carboxylic acids is 1. The molecule has 0 spiro atoms. The van der Waals surface area contributed by atoms with Crippen molar-refractivity contribution < 1.29 is 14.6 Å². The van der Waals surface area contributed by atoms with Gasteiger partial charge in [-0.3, -0.25) is 0 Å². The topological polar surface area (TPSA) is 76.0 Å². The fourth-order valence-corrected chi connectivity index (χ4v) is 1.18. The zero-order valence-corrected chi connectivity index (χ0v) is 8.71. The number of methoxy groups -OCH3 is 1. The van der Waals surface area contributed by atoms with Gasteiger partial charge < -0.3 is 9.84 Å². The van der Waals surface area contributed by atoms with Gasteiger partial charge in [0.2, 0.25) is 5.70 Å².